The number of likely N-dealkylation sites (N-methyl/N-ethyl adjacent to an activating group) is 1. The van der Waals surface area contributed by atoms with E-state index in [0.29, 0.717) is 5.56 Å². The summed E-state index contributed by atoms with van der Waals surface area (Å²) in [7, 11) is 5.63. The molecule has 1 amide bonds. The topological polar surface area (TPSA) is 81.5 Å². The molecule has 0 fully saturated rings. The van der Waals surface area contributed by atoms with Crippen molar-refractivity contribution in [3.05, 3.63) is 58.7 Å². The summed E-state index contributed by atoms with van der Waals surface area (Å²) in [5, 5.41) is 11.7. The third kappa shape index (κ3) is 5.97. The normalized spacial score (nSPS) is 11.8. The molecule has 1 atom stereocenters. The second kappa shape index (κ2) is 11.6. The van der Waals surface area contributed by atoms with Gasteiger partial charge in [-0.1, -0.05) is 28.5 Å². The van der Waals surface area contributed by atoms with Gasteiger partial charge in [-0.25, -0.2) is 0 Å². The van der Waals surface area contributed by atoms with E-state index in [1.54, 1.807) is 13.1 Å². The fraction of sp³-hybridized carbons (Fsp3) is 0.286. The van der Waals surface area contributed by atoms with Crippen molar-refractivity contribution in [3.8, 4) is 5.75 Å². The lowest BCUT2D eigenvalue weighted by molar-refractivity contribution is -0.114. The van der Waals surface area contributed by atoms with E-state index in [2.05, 4.69) is 24.9 Å². The predicted molar refractivity (Wildman–Crippen MR) is 126 cm³/mol. The van der Waals surface area contributed by atoms with Crippen LogP contribution in [0.25, 0.3) is 0 Å². The van der Waals surface area contributed by atoms with E-state index >= 15 is 0 Å². The highest BCUT2D eigenvalue weighted by Gasteiger charge is 2.19. The number of carbonyl (C=O) groups is 1. The number of hydrogen-bond donors (Lipinski definition) is 1. The Hall–Kier alpha value is -2.57. The average molecular weight is 447 g/mol. The molecule has 0 aromatic heterocycles. The highest BCUT2D eigenvalue weighted by molar-refractivity contribution is 7.94. The highest BCUT2D eigenvalue weighted by atomic mass is 32.2. The molecule has 0 saturated heterocycles. The molecule has 0 heterocycles. The van der Waals surface area contributed by atoms with E-state index in [9.17, 15) is 4.79 Å². The molecule has 2 aromatic carbocycles. The van der Waals surface area contributed by atoms with Crippen molar-refractivity contribution in [2.24, 2.45) is 10.3 Å². The minimum absolute atomic E-state index is 0.179. The molecule has 0 aliphatic rings. The first-order valence-electron chi connectivity index (χ1n) is 9.12. The Morgan fingerprint density at radius 1 is 1.20 bits per heavy atom. The zero-order valence-corrected chi connectivity index (χ0v) is 19.7. The van der Waals surface area contributed by atoms with Crippen LogP contribution in [0.1, 0.15) is 29.2 Å². The Morgan fingerprint density at radius 2 is 1.97 bits per heavy atom. The largest absolute Gasteiger partial charge is 0.426 e. The molecule has 1 N–H and O–H groups in total. The van der Waals surface area contributed by atoms with Crippen LogP contribution in [0.15, 0.2) is 46.7 Å². The van der Waals surface area contributed by atoms with Gasteiger partial charge < -0.3 is 19.2 Å². The smallest absolute Gasteiger partial charge is 0.273 e. The Morgan fingerprint density at radius 3 is 2.60 bits per heavy atom. The van der Waals surface area contributed by atoms with E-state index in [0.717, 1.165) is 33.5 Å². The third-order valence-corrected chi connectivity index (χ3v) is 5.13. The molecule has 160 valence electrons. The zero-order chi connectivity index (χ0) is 22.1. The number of nitrogens with zero attached hydrogens (tertiary/aromatic N) is 2. The Bertz CT molecular complexity index is 963. The monoisotopic (exact) mass is 447 g/mol. The average Bonchev–Trinajstić information content (AvgIpc) is 2.73. The van der Waals surface area contributed by atoms with Crippen LogP contribution in [-0.2, 0) is 21.1 Å². The number of carbonyl (C=O) groups excluding carboxylic acids is 1. The second-order valence-electron chi connectivity index (χ2n) is 6.25. The molecule has 0 radical (unpaired) electrons. The van der Waals surface area contributed by atoms with Crippen molar-refractivity contribution in [3.63, 3.8) is 0 Å². The van der Waals surface area contributed by atoms with E-state index < -0.39 is 0 Å². The van der Waals surface area contributed by atoms with E-state index in [4.69, 9.17) is 13.9 Å². The van der Waals surface area contributed by atoms with Crippen LogP contribution in [0.2, 0.25) is 0 Å². The first-order valence-corrected chi connectivity index (χ1v) is 10.8. The van der Waals surface area contributed by atoms with Gasteiger partial charge in [0, 0.05) is 30.0 Å². The molecule has 7 nitrogen and oxygen atoms in total. The molecule has 0 spiro atoms. The van der Waals surface area contributed by atoms with Gasteiger partial charge in [-0.2, -0.15) is 0 Å². The quantitative estimate of drug-likeness (QED) is 0.276. The van der Waals surface area contributed by atoms with Crippen LogP contribution >= 0.6 is 21.3 Å². The standard InChI is InChI=1S/C21H26N3O4PS/c1-13-7-6-8-17(20(24-26-4)21(25)22-3)18(13)12-27-23-14(2)16-10-9-15(28-30-5)11-19(16)29/h6-11H,12,29H2,1-5H3,(H,22,25)/b23-14+,24-20+. The van der Waals surface area contributed by atoms with Gasteiger partial charge in [-0.05, 0) is 42.9 Å². The van der Waals surface area contributed by atoms with Crippen molar-refractivity contribution in [2.45, 2.75) is 20.5 Å². The Kier molecular flexibility index (Phi) is 9.15. The molecule has 1 unspecified atom stereocenters. The summed E-state index contributed by atoms with van der Waals surface area (Å²) in [5.41, 5.74) is 4.24. The molecular formula is C21H26N3O4PS. The van der Waals surface area contributed by atoms with Gasteiger partial charge >= 0.3 is 0 Å². The maximum atomic E-state index is 12.2. The zero-order valence-electron chi connectivity index (χ0n) is 17.7. The first kappa shape index (κ1) is 23.7. The summed E-state index contributed by atoms with van der Waals surface area (Å²) in [5.74, 6) is 0.428. The minimum atomic E-state index is -0.344. The number of aryl methyl sites for hydroxylation is 1. The Balaban J connectivity index is 2.25. The maximum absolute atomic E-state index is 12.2. The molecule has 0 aliphatic heterocycles. The summed E-state index contributed by atoms with van der Waals surface area (Å²) in [6.07, 6.45) is 1.86. The van der Waals surface area contributed by atoms with Crippen molar-refractivity contribution in [1.29, 1.82) is 0 Å². The van der Waals surface area contributed by atoms with Crippen molar-refractivity contribution < 1.29 is 18.7 Å². The van der Waals surface area contributed by atoms with Gasteiger partial charge in [-0.15, -0.1) is 9.24 Å². The van der Waals surface area contributed by atoms with Crippen LogP contribution in [-0.4, -0.2) is 37.7 Å². The molecule has 30 heavy (non-hydrogen) atoms. The van der Waals surface area contributed by atoms with Gasteiger partial charge in [0.2, 0.25) is 0 Å². The molecule has 0 bridgehead atoms. The summed E-state index contributed by atoms with van der Waals surface area (Å²) in [4.78, 5) is 22.7. The Labute approximate surface area is 183 Å². The molecule has 0 aliphatic carbocycles. The highest BCUT2D eigenvalue weighted by Crippen LogP contribution is 2.19. The second-order valence-corrected chi connectivity index (χ2v) is 7.37. The predicted octanol–water partition coefficient (Wildman–Crippen LogP) is 3.19. The van der Waals surface area contributed by atoms with E-state index in [1.165, 1.54) is 19.2 Å². The third-order valence-electron chi connectivity index (χ3n) is 4.29. The number of rotatable bonds is 9. The van der Waals surface area contributed by atoms with Gasteiger partial charge in [-0.3, -0.25) is 4.79 Å². The van der Waals surface area contributed by atoms with Gasteiger partial charge in [0.05, 0.1) is 17.8 Å². The van der Waals surface area contributed by atoms with Crippen molar-refractivity contribution in [1.82, 2.24) is 5.32 Å². The van der Waals surface area contributed by atoms with Crippen LogP contribution < -0.4 is 14.8 Å². The summed E-state index contributed by atoms with van der Waals surface area (Å²) in [6, 6.07) is 11.3. The van der Waals surface area contributed by atoms with E-state index in [1.807, 2.05) is 50.4 Å². The lowest BCUT2D eigenvalue weighted by atomic mass is 9.98. The fourth-order valence-corrected chi connectivity index (χ4v) is 3.57. The molecule has 2 aromatic rings. The lowest BCUT2D eigenvalue weighted by Gasteiger charge is -2.13. The van der Waals surface area contributed by atoms with Gasteiger partial charge in [0.25, 0.3) is 5.91 Å². The fourth-order valence-electron chi connectivity index (χ4n) is 2.80. The number of amides is 1. The summed E-state index contributed by atoms with van der Waals surface area (Å²) < 4.78 is 5.44. The van der Waals surface area contributed by atoms with E-state index in [-0.39, 0.29) is 18.2 Å². The van der Waals surface area contributed by atoms with Crippen LogP contribution in [0.5, 0.6) is 5.75 Å². The molecule has 9 heteroatoms. The number of benzene rings is 2. The molecule has 2 rings (SSSR count). The van der Waals surface area contributed by atoms with Crippen molar-refractivity contribution >= 4 is 43.9 Å². The number of hydrogen-bond acceptors (Lipinski definition) is 7. The molecular weight excluding hydrogens is 421 g/mol. The number of nitrogens with one attached hydrogen (secondary N) is 1. The van der Waals surface area contributed by atoms with Crippen LogP contribution in [0.3, 0.4) is 0 Å². The van der Waals surface area contributed by atoms with Crippen LogP contribution in [0.4, 0.5) is 0 Å². The SMILES string of the molecule is CNC(=O)/C(=N/OC)c1cccc(C)c1CO/N=C(\C)c1ccc(OSC)cc1P. The van der Waals surface area contributed by atoms with Crippen LogP contribution in [0, 0.1) is 6.92 Å². The first-order chi connectivity index (χ1) is 14.4. The maximum Gasteiger partial charge on any atom is 0.273 e. The van der Waals surface area contributed by atoms with Crippen molar-refractivity contribution in [2.75, 3.05) is 20.4 Å². The number of oxime groups is 2. The molecule has 0 saturated carbocycles. The summed E-state index contributed by atoms with van der Waals surface area (Å²) >= 11 is 1.29. The lowest BCUT2D eigenvalue weighted by Crippen LogP contribution is -2.29. The van der Waals surface area contributed by atoms with Gasteiger partial charge in [0.1, 0.15) is 19.5 Å². The summed E-state index contributed by atoms with van der Waals surface area (Å²) in [6.45, 7) is 4.00. The minimum Gasteiger partial charge on any atom is -0.426 e. The van der Waals surface area contributed by atoms with Gasteiger partial charge in [0.15, 0.2) is 5.71 Å².